The van der Waals surface area contributed by atoms with Crippen LogP contribution in [0.3, 0.4) is 0 Å². The topological polar surface area (TPSA) is 78.4 Å². The number of anilines is 2. The first kappa shape index (κ1) is 27.9. The van der Waals surface area contributed by atoms with E-state index in [1.165, 1.54) is 0 Å². The van der Waals surface area contributed by atoms with E-state index in [2.05, 4.69) is 96.8 Å². The lowest BCUT2D eigenvalue weighted by Gasteiger charge is -2.49. The second-order valence-electron chi connectivity index (χ2n) is 13.6. The first-order chi connectivity index (χ1) is 16.0. The quantitative estimate of drug-likeness (QED) is 0.515. The van der Waals surface area contributed by atoms with Gasteiger partial charge in [0.25, 0.3) is 0 Å². The van der Waals surface area contributed by atoms with Gasteiger partial charge in [0.05, 0.1) is 6.61 Å². The molecule has 2 fully saturated rings. The molecule has 0 aromatic carbocycles. The maximum atomic E-state index is 6.03. The molecule has 200 valence electrons. The van der Waals surface area contributed by atoms with E-state index in [1.54, 1.807) is 0 Å². The number of aromatic nitrogens is 3. The fourth-order valence-electron chi connectivity index (χ4n) is 6.43. The predicted octanol–water partition coefficient (Wildman–Crippen LogP) is 4.54. The molecule has 0 atom stereocenters. The summed E-state index contributed by atoms with van der Waals surface area (Å²) in [5.41, 5.74) is 0.167. The summed E-state index contributed by atoms with van der Waals surface area (Å²) in [6, 6.07) is 1.07. The molecule has 0 saturated carbocycles. The van der Waals surface area contributed by atoms with Crippen molar-refractivity contribution in [3.8, 4) is 6.01 Å². The molecule has 1 aromatic heterocycles. The monoisotopic (exact) mass is 489 g/mol. The summed E-state index contributed by atoms with van der Waals surface area (Å²) < 4.78 is 6.03. The standard InChI is InChI=1S/C27H51N7O/c1-12-13-14-35-23-29-21(33(10)19-15-24(2,3)31-25(4,5)16-19)28-22(30-23)34(11)20-17-26(6,7)32-27(8,9)18-20/h19-20,31-32H,12-18H2,1-11H3. The Balaban J connectivity index is 1.93. The number of piperidine rings is 2. The maximum Gasteiger partial charge on any atom is 0.323 e. The van der Waals surface area contributed by atoms with Crippen LogP contribution in [0.5, 0.6) is 6.01 Å². The van der Waals surface area contributed by atoms with Crippen molar-refractivity contribution < 1.29 is 4.74 Å². The van der Waals surface area contributed by atoms with Gasteiger partial charge in [-0.1, -0.05) is 13.3 Å². The Kier molecular flexibility index (Phi) is 7.98. The number of hydrogen-bond donors (Lipinski definition) is 2. The molecule has 2 N–H and O–H groups in total. The van der Waals surface area contributed by atoms with Gasteiger partial charge in [0.15, 0.2) is 0 Å². The van der Waals surface area contributed by atoms with Crippen molar-refractivity contribution >= 4 is 11.9 Å². The molecule has 0 amide bonds. The summed E-state index contributed by atoms with van der Waals surface area (Å²) in [5, 5.41) is 7.57. The predicted molar refractivity (Wildman–Crippen MR) is 146 cm³/mol. The number of rotatable bonds is 8. The van der Waals surface area contributed by atoms with Crippen molar-refractivity contribution in [2.45, 2.75) is 135 Å². The van der Waals surface area contributed by atoms with Gasteiger partial charge in [0.1, 0.15) is 0 Å². The third-order valence-electron chi connectivity index (χ3n) is 7.38. The summed E-state index contributed by atoms with van der Waals surface area (Å²) >= 11 is 0. The minimum Gasteiger partial charge on any atom is -0.463 e. The van der Waals surface area contributed by atoms with Gasteiger partial charge in [-0.15, -0.1) is 0 Å². The van der Waals surface area contributed by atoms with Crippen molar-refractivity contribution in [3.63, 3.8) is 0 Å². The van der Waals surface area contributed by atoms with E-state index in [1.807, 2.05) is 0 Å². The molecule has 8 nitrogen and oxygen atoms in total. The average Bonchev–Trinajstić information content (AvgIpc) is 2.68. The summed E-state index contributed by atoms with van der Waals surface area (Å²) in [6.45, 7) is 21.0. The highest BCUT2D eigenvalue weighted by Crippen LogP contribution is 2.35. The van der Waals surface area contributed by atoms with Gasteiger partial charge in [-0.05, 0) is 87.5 Å². The van der Waals surface area contributed by atoms with E-state index in [0.29, 0.717) is 36.6 Å². The first-order valence-corrected chi connectivity index (χ1v) is 13.4. The zero-order valence-corrected chi connectivity index (χ0v) is 24.2. The highest BCUT2D eigenvalue weighted by molar-refractivity contribution is 5.42. The third kappa shape index (κ3) is 7.42. The lowest BCUT2D eigenvalue weighted by atomic mass is 9.79. The summed E-state index contributed by atoms with van der Waals surface area (Å²) in [6.07, 6.45) is 6.14. The van der Waals surface area contributed by atoms with E-state index in [4.69, 9.17) is 19.7 Å². The minimum absolute atomic E-state index is 0.0417. The molecule has 0 aliphatic carbocycles. The molecule has 8 heteroatoms. The van der Waals surface area contributed by atoms with Gasteiger partial charge in [0.2, 0.25) is 11.9 Å². The highest BCUT2D eigenvalue weighted by Gasteiger charge is 2.41. The van der Waals surface area contributed by atoms with Crippen LogP contribution in [-0.4, -0.2) is 69.9 Å². The van der Waals surface area contributed by atoms with Gasteiger partial charge in [-0.3, -0.25) is 0 Å². The molecule has 3 heterocycles. The van der Waals surface area contributed by atoms with Crippen LogP contribution in [0.2, 0.25) is 0 Å². The van der Waals surface area contributed by atoms with Crippen LogP contribution in [0.15, 0.2) is 0 Å². The van der Waals surface area contributed by atoms with Crippen LogP contribution in [0.25, 0.3) is 0 Å². The molecule has 1 aromatic rings. The Morgan fingerprint density at radius 3 is 1.43 bits per heavy atom. The Morgan fingerprint density at radius 2 is 1.09 bits per heavy atom. The molecule has 2 aliphatic rings. The fourth-order valence-corrected chi connectivity index (χ4v) is 6.43. The maximum absolute atomic E-state index is 6.03. The third-order valence-corrected chi connectivity index (χ3v) is 7.38. The Labute approximate surface area is 214 Å². The molecule has 35 heavy (non-hydrogen) atoms. The lowest BCUT2D eigenvalue weighted by molar-refractivity contribution is 0.159. The molecule has 2 aliphatic heterocycles. The van der Waals surface area contributed by atoms with Crippen LogP contribution >= 0.6 is 0 Å². The Bertz CT molecular complexity index is 773. The second kappa shape index (κ2) is 10.0. The van der Waals surface area contributed by atoms with Gasteiger partial charge < -0.3 is 25.2 Å². The van der Waals surface area contributed by atoms with Gasteiger partial charge in [0, 0.05) is 48.3 Å². The van der Waals surface area contributed by atoms with Crippen molar-refractivity contribution in [2.24, 2.45) is 0 Å². The number of nitrogens with zero attached hydrogens (tertiary/aromatic N) is 5. The molecule has 0 unspecified atom stereocenters. The van der Waals surface area contributed by atoms with E-state index in [0.717, 1.165) is 38.5 Å². The van der Waals surface area contributed by atoms with Gasteiger partial charge in [-0.25, -0.2) is 0 Å². The van der Waals surface area contributed by atoms with Crippen molar-refractivity contribution in [3.05, 3.63) is 0 Å². The molecular formula is C27H51N7O. The molecule has 2 saturated heterocycles. The summed E-state index contributed by atoms with van der Waals surface area (Å²) in [4.78, 5) is 19.1. The number of ether oxygens (including phenoxy) is 1. The largest absolute Gasteiger partial charge is 0.463 e. The number of hydrogen-bond acceptors (Lipinski definition) is 8. The zero-order valence-electron chi connectivity index (χ0n) is 24.2. The number of nitrogens with one attached hydrogen (secondary N) is 2. The molecule has 0 spiro atoms. The van der Waals surface area contributed by atoms with Crippen molar-refractivity contribution in [1.82, 2.24) is 25.6 Å². The van der Waals surface area contributed by atoms with Gasteiger partial charge >= 0.3 is 6.01 Å². The summed E-state index contributed by atoms with van der Waals surface area (Å²) in [5.74, 6) is 1.39. The van der Waals surface area contributed by atoms with Crippen LogP contribution < -0.4 is 25.2 Å². The highest BCUT2D eigenvalue weighted by atomic mass is 16.5. The molecule has 0 bridgehead atoms. The fraction of sp³-hybridized carbons (Fsp3) is 0.889. The number of unbranched alkanes of at least 4 members (excludes halogenated alkanes) is 1. The van der Waals surface area contributed by atoms with E-state index < -0.39 is 0 Å². The molecule has 0 radical (unpaired) electrons. The van der Waals surface area contributed by atoms with Gasteiger partial charge in [-0.2, -0.15) is 15.0 Å². The minimum atomic E-state index is 0.0417. The lowest BCUT2D eigenvalue weighted by Crippen LogP contribution is -2.62. The van der Waals surface area contributed by atoms with Crippen molar-refractivity contribution in [1.29, 1.82) is 0 Å². The Hall–Kier alpha value is -1.67. The Morgan fingerprint density at radius 1 is 0.714 bits per heavy atom. The van der Waals surface area contributed by atoms with E-state index in [9.17, 15) is 0 Å². The van der Waals surface area contributed by atoms with Crippen LogP contribution in [-0.2, 0) is 0 Å². The van der Waals surface area contributed by atoms with E-state index >= 15 is 0 Å². The van der Waals surface area contributed by atoms with E-state index in [-0.39, 0.29) is 22.2 Å². The van der Waals surface area contributed by atoms with Crippen LogP contribution in [0.1, 0.15) is 101 Å². The average molecular weight is 490 g/mol. The normalized spacial score (nSPS) is 23.6. The summed E-state index contributed by atoms with van der Waals surface area (Å²) in [7, 11) is 4.24. The van der Waals surface area contributed by atoms with Crippen molar-refractivity contribution in [2.75, 3.05) is 30.5 Å². The van der Waals surface area contributed by atoms with Crippen LogP contribution in [0, 0.1) is 0 Å². The van der Waals surface area contributed by atoms with Crippen LogP contribution in [0.4, 0.5) is 11.9 Å². The second-order valence-corrected chi connectivity index (χ2v) is 13.6. The molecular weight excluding hydrogens is 438 g/mol. The first-order valence-electron chi connectivity index (χ1n) is 13.4. The molecule has 3 rings (SSSR count). The smallest absolute Gasteiger partial charge is 0.323 e. The SMILES string of the molecule is CCCCOc1nc(N(C)C2CC(C)(C)NC(C)(C)C2)nc(N(C)C2CC(C)(C)NC(C)(C)C2)n1. The zero-order chi connectivity index (χ0) is 26.2.